The van der Waals surface area contributed by atoms with Gasteiger partial charge in [0.2, 0.25) is 5.91 Å². The molecule has 0 spiro atoms. The van der Waals surface area contributed by atoms with Crippen LogP contribution in [0.1, 0.15) is 105 Å². The molecule has 224 valence electrons. The van der Waals surface area contributed by atoms with Crippen molar-refractivity contribution >= 4 is 11.9 Å². The first kappa shape index (κ1) is 28.6. The van der Waals surface area contributed by atoms with Gasteiger partial charge in [0, 0.05) is 45.2 Å². The fraction of sp³-hybridized carbons (Fsp3) is 0.882. The Bertz CT molecular complexity index is 1010. The van der Waals surface area contributed by atoms with E-state index in [2.05, 4.69) is 38.7 Å². The molecule has 5 fully saturated rings. The van der Waals surface area contributed by atoms with Crippen molar-refractivity contribution in [3.05, 3.63) is 11.6 Å². The molecule has 2 aliphatic heterocycles. The summed E-state index contributed by atoms with van der Waals surface area (Å²) >= 11 is 0. The molecule has 6 rings (SSSR count). The zero-order chi connectivity index (χ0) is 28.2. The number of carbonyl (C=O) groups is 2. The van der Waals surface area contributed by atoms with Gasteiger partial charge in [-0.1, -0.05) is 32.4 Å². The summed E-state index contributed by atoms with van der Waals surface area (Å²) in [7, 11) is 0. The second-order valence-electron chi connectivity index (χ2n) is 15.3. The Morgan fingerprint density at radius 2 is 1.77 bits per heavy atom. The van der Waals surface area contributed by atoms with Gasteiger partial charge in [-0.2, -0.15) is 0 Å². The van der Waals surface area contributed by atoms with Gasteiger partial charge >= 0.3 is 6.03 Å². The molecule has 6 heteroatoms. The second kappa shape index (κ2) is 10.9. The average Bonchev–Trinajstić information content (AvgIpc) is 3.59. The van der Waals surface area contributed by atoms with Gasteiger partial charge in [-0.3, -0.25) is 4.79 Å². The predicted molar refractivity (Wildman–Crippen MR) is 159 cm³/mol. The number of amides is 3. The number of likely N-dealkylation sites (tertiary alicyclic amines) is 1. The van der Waals surface area contributed by atoms with Gasteiger partial charge in [0.15, 0.2) is 0 Å². The highest BCUT2D eigenvalue weighted by Crippen LogP contribution is 2.67. The molecular formula is C34H55N3O3. The molecule has 0 aromatic carbocycles. The molecule has 0 bridgehead atoms. The van der Waals surface area contributed by atoms with Crippen molar-refractivity contribution < 1.29 is 14.7 Å². The van der Waals surface area contributed by atoms with Crippen LogP contribution >= 0.6 is 0 Å². The Morgan fingerprint density at radius 1 is 1.00 bits per heavy atom. The summed E-state index contributed by atoms with van der Waals surface area (Å²) in [5.74, 6) is 3.95. The number of hydrogen-bond donors (Lipinski definition) is 1. The summed E-state index contributed by atoms with van der Waals surface area (Å²) in [6.45, 7) is 13.4. The van der Waals surface area contributed by atoms with Crippen LogP contribution in [0.15, 0.2) is 11.6 Å². The number of aliphatic hydroxyl groups is 1. The summed E-state index contributed by atoms with van der Waals surface area (Å²) in [5, 5.41) is 10.3. The molecule has 40 heavy (non-hydrogen) atoms. The molecule has 0 aromatic heterocycles. The van der Waals surface area contributed by atoms with E-state index >= 15 is 0 Å². The van der Waals surface area contributed by atoms with Gasteiger partial charge in [0.25, 0.3) is 0 Å². The van der Waals surface area contributed by atoms with E-state index in [1.807, 2.05) is 9.80 Å². The minimum Gasteiger partial charge on any atom is -0.393 e. The molecule has 1 unspecified atom stereocenters. The van der Waals surface area contributed by atoms with Gasteiger partial charge < -0.3 is 19.8 Å². The lowest BCUT2D eigenvalue weighted by molar-refractivity contribution is -0.135. The van der Waals surface area contributed by atoms with E-state index in [0.717, 1.165) is 69.4 Å². The SMILES string of the molecule is CC(CCC(=O)N1CCN(C(=O)N2CCCC2)C[C@@H]1C)[C@H]1CC[C@H]2[C@@H]3CC=C4C[C@@H](O)CC[C@]4(C)[C@H]3CC[C@]12C. The first-order chi connectivity index (χ1) is 19.1. The second-order valence-corrected chi connectivity index (χ2v) is 15.3. The molecule has 9 atom stereocenters. The number of fused-ring (bicyclic) bond motifs is 5. The minimum absolute atomic E-state index is 0.0956. The topological polar surface area (TPSA) is 64.1 Å². The summed E-state index contributed by atoms with van der Waals surface area (Å²) < 4.78 is 0. The molecule has 0 aromatic rings. The van der Waals surface area contributed by atoms with Crippen LogP contribution in [0.4, 0.5) is 4.79 Å². The van der Waals surface area contributed by atoms with Crippen LogP contribution in [0.2, 0.25) is 0 Å². The molecule has 2 heterocycles. The highest BCUT2D eigenvalue weighted by atomic mass is 16.3. The van der Waals surface area contributed by atoms with Crippen molar-refractivity contribution in [1.82, 2.24) is 14.7 Å². The maximum atomic E-state index is 13.4. The molecule has 3 saturated carbocycles. The zero-order valence-corrected chi connectivity index (χ0v) is 25.7. The zero-order valence-electron chi connectivity index (χ0n) is 25.7. The highest BCUT2D eigenvalue weighted by molar-refractivity contribution is 5.78. The smallest absolute Gasteiger partial charge is 0.320 e. The molecule has 0 radical (unpaired) electrons. The average molecular weight is 554 g/mol. The quantitative estimate of drug-likeness (QED) is 0.429. The summed E-state index contributed by atoms with van der Waals surface area (Å²) in [6.07, 6.45) is 15.8. The third-order valence-electron chi connectivity index (χ3n) is 13.2. The van der Waals surface area contributed by atoms with Crippen LogP contribution in [-0.4, -0.2) is 76.6 Å². The number of rotatable bonds is 4. The van der Waals surface area contributed by atoms with Gasteiger partial charge in [0.1, 0.15) is 0 Å². The molecule has 6 aliphatic rings. The van der Waals surface area contributed by atoms with Crippen molar-refractivity contribution in [2.24, 2.45) is 40.4 Å². The molecule has 1 N–H and O–H groups in total. The molecule has 3 amide bonds. The fourth-order valence-corrected chi connectivity index (χ4v) is 10.9. The lowest BCUT2D eigenvalue weighted by Gasteiger charge is -2.58. The van der Waals surface area contributed by atoms with E-state index in [1.165, 1.54) is 32.1 Å². The minimum atomic E-state index is -0.131. The van der Waals surface area contributed by atoms with E-state index in [-0.39, 0.29) is 24.1 Å². The largest absolute Gasteiger partial charge is 0.393 e. The van der Waals surface area contributed by atoms with Gasteiger partial charge in [0.05, 0.1) is 6.10 Å². The predicted octanol–water partition coefficient (Wildman–Crippen LogP) is 6.09. The Morgan fingerprint density at radius 3 is 2.52 bits per heavy atom. The number of nitrogens with zero attached hydrogens (tertiary/aromatic N) is 3. The standard InChI is InChI=1S/C34H55N3O3/c1-23(7-12-31(39)37-20-19-36(22-24(37)2)32(40)35-17-5-6-18-35)28-10-11-29-27-9-8-25-21-26(38)13-15-33(25,3)30(27)14-16-34(28,29)4/h8,23-24,26-30,38H,5-7,9-22H2,1-4H3/t23?,24-,26-,27-,28+,29-,30-,33-,34+/m0/s1. The molecule has 4 aliphatic carbocycles. The lowest BCUT2D eigenvalue weighted by Crippen LogP contribution is -2.57. The Hall–Kier alpha value is -1.56. The van der Waals surface area contributed by atoms with Crippen LogP contribution in [0.3, 0.4) is 0 Å². The van der Waals surface area contributed by atoms with Crippen LogP contribution < -0.4 is 0 Å². The van der Waals surface area contributed by atoms with Crippen LogP contribution in [-0.2, 0) is 4.79 Å². The van der Waals surface area contributed by atoms with Crippen molar-refractivity contribution in [1.29, 1.82) is 0 Å². The van der Waals surface area contributed by atoms with E-state index in [9.17, 15) is 14.7 Å². The van der Waals surface area contributed by atoms with Gasteiger partial charge in [-0.15, -0.1) is 0 Å². The van der Waals surface area contributed by atoms with Crippen LogP contribution in [0.5, 0.6) is 0 Å². The number of allylic oxidation sites excluding steroid dienone is 1. The monoisotopic (exact) mass is 553 g/mol. The summed E-state index contributed by atoms with van der Waals surface area (Å²) in [6, 6.07) is 0.266. The van der Waals surface area contributed by atoms with Gasteiger partial charge in [-0.05, 0) is 118 Å². The van der Waals surface area contributed by atoms with Crippen LogP contribution in [0, 0.1) is 40.4 Å². The number of aliphatic hydroxyl groups excluding tert-OH is 1. The summed E-state index contributed by atoms with van der Waals surface area (Å²) in [4.78, 5) is 32.3. The molecule has 2 saturated heterocycles. The van der Waals surface area contributed by atoms with E-state index in [1.54, 1.807) is 5.57 Å². The number of urea groups is 1. The third kappa shape index (κ3) is 4.82. The molecular weight excluding hydrogens is 498 g/mol. The van der Waals surface area contributed by atoms with E-state index < -0.39 is 0 Å². The lowest BCUT2D eigenvalue weighted by atomic mass is 9.47. The van der Waals surface area contributed by atoms with E-state index in [4.69, 9.17) is 0 Å². The summed E-state index contributed by atoms with van der Waals surface area (Å²) in [5.41, 5.74) is 2.27. The number of carbonyl (C=O) groups excluding carboxylic acids is 2. The molecule has 6 nitrogen and oxygen atoms in total. The number of piperazine rings is 1. The normalized spacial score (nSPS) is 42.1. The van der Waals surface area contributed by atoms with Crippen molar-refractivity contribution in [2.75, 3.05) is 32.7 Å². The maximum absolute atomic E-state index is 13.4. The third-order valence-corrected chi connectivity index (χ3v) is 13.2. The first-order valence-corrected chi connectivity index (χ1v) is 16.8. The Kier molecular flexibility index (Phi) is 7.80. The Balaban J connectivity index is 1.04. The maximum Gasteiger partial charge on any atom is 0.320 e. The van der Waals surface area contributed by atoms with Crippen LogP contribution in [0.25, 0.3) is 0 Å². The van der Waals surface area contributed by atoms with Gasteiger partial charge in [-0.25, -0.2) is 4.79 Å². The van der Waals surface area contributed by atoms with Crippen molar-refractivity contribution in [3.63, 3.8) is 0 Å². The first-order valence-electron chi connectivity index (χ1n) is 16.8. The van der Waals surface area contributed by atoms with E-state index in [0.29, 0.717) is 48.7 Å². The number of hydrogen-bond acceptors (Lipinski definition) is 3. The highest BCUT2D eigenvalue weighted by Gasteiger charge is 2.59. The Labute approximate surface area is 242 Å². The van der Waals surface area contributed by atoms with Crippen molar-refractivity contribution in [2.45, 2.75) is 117 Å². The fourth-order valence-electron chi connectivity index (χ4n) is 10.9. The van der Waals surface area contributed by atoms with Crippen molar-refractivity contribution in [3.8, 4) is 0 Å².